The molecule has 1 aromatic rings. The van der Waals surface area contributed by atoms with E-state index < -0.39 is 5.54 Å². The minimum Gasteiger partial charge on any atom is -0.394 e. The van der Waals surface area contributed by atoms with Gasteiger partial charge in [0.05, 0.1) is 6.61 Å². The second-order valence-electron chi connectivity index (χ2n) is 8.91. The van der Waals surface area contributed by atoms with Gasteiger partial charge in [0.1, 0.15) is 0 Å². The first-order valence-electron chi connectivity index (χ1n) is 10.4. The first-order chi connectivity index (χ1) is 11.9. The van der Waals surface area contributed by atoms with E-state index in [0.29, 0.717) is 0 Å². The fourth-order valence-corrected chi connectivity index (χ4v) is 4.64. The van der Waals surface area contributed by atoms with Gasteiger partial charge in [-0.3, -0.25) is 0 Å². The van der Waals surface area contributed by atoms with Gasteiger partial charge < -0.3 is 10.8 Å². The zero-order valence-corrected chi connectivity index (χ0v) is 16.7. The van der Waals surface area contributed by atoms with Gasteiger partial charge in [-0.05, 0) is 67.6 Å². The smallest absolute Gasteiger partial charge is 0.0608 e. The molecule has 0 heterocycles. The van der Waals surface area contributed by atoms with Crippen molar-refractivity contribution in [1.29, 1.82) is 0 Å². The Labute approximate surface area is 155 Å². The minimum absolute atomic E-state index is 0.0496. The van der Waals surface area contributed by atoms with Gasteiger partial charge in [0.25, 0.3) is 0 Å². The van der Waals surface area contributed by atoms with Gasteiger partial charge in [-0.15, -0.1) is 0 Å². The maximum atomic E-state index is 9.58. The maximum Gasteiger partial charge on any atom is 0.0608 e. The average Bonchev–Trinajstić information content (AvgIpc) is 2.57. The first kappa shape index (κ1) is 20.5. The molecule has 2 heteroatoms. The minimum atomic E-state index is -0.499. The largest absolute Gasteiger partial charge is 0.394 e. The molecule has 0 aliphatic heterocycles. The molecule has 0 amide bonds. The molecule has 3 N–H and O–H groups in total. The van der Waals surface area contributed by atoms with E-state index >= 15 is 0 Å². The van der Waals surface area contributed by atoms with E-state index in [9.17, 15) is 5.11 Å². The lowest BCUT2D eigenvalue weighted by Crippen LogP contribution is -2.47. The maximum absolute atomic E-state index is 9.58. The SMILES string of the molecule is CCCCCCCCc1ccc2c(c1)CCC[C@@]2(C)C[C@](C)(N)CO. The molecule has 0 radical (unpaired) electrons. The van der Waals surface area contributed by atoms with Crippen LogP contribution in [-0.4, -0.2) is 17.3 Å². The third-order valence-corrected chi connectivity index (χ3v) is 5.97. The molecule has 0 bridgehead atoms. The highest BCUT2D eigenvalue weighted by Crippen LogP contribution is 2.42. The second kappa shape index (κ2) is 9.19. The Kier molecular flexibility index (Phi) is 7.51. The molecule has 0 fully saturated rings. The Bertz CT molecular complexity index is 537. The highest BCUT2D eigenvalue weighted by atomic mass is 16.3. The van der Waals surface area contributed by atoms with Crippen LogP contribution in [0.25, 0.3) is 0 Å². The van der Waals surface area contributed by atoms with E-state index in [-0.39, 0.29) is 12.0 Å². The summed E-state index contributed by atoms with van der Waals surface area (Å²) < 4.78 is 0. The predicted molar refractivity (Wildman–Crippen MR) is 108 cm³/mol. The van der Waals surface area contributed by atoms with Crippen molar-refractivity contribution in [2.45, 2.75) is 102 Å². The number of aliphatic hydroxyl groups is 1. The van der Waals surface area contributed by atoms with Gasteiger partial charge in [-0.2, -0.15) is 0 Å². The molecular formula is C23H39NO. The van der Waals surface area contributed by atoms with Gasteiger partial charge in [0, 0.05) is 5.54 Å². The molecule has 2 nitrogen and oxygen atoms in total. The van der Waals surface area contributed by atoms with E-state index in [1.54, 1.807) is 0 Å². The molecule has 142 valence electrons. The van der Waals surface area contributed by atoms with Crippen molar-refractivity contribution >= 4 is 0 Å². The number of benzene rings is 1. The highest BCUT2D eigenvalue weighted by molar-refractivity contribution is 5.40. The molecule has 1 aliphatic rings. The topological polar surface area (TPSA) is 46.2 Å². The zero-order valence-electron chi connectivity index (χ0n) is 16.7. The molecule has 2 rings (SSSR count). The third-order valence-electron chi connectivity index (χ3n) is 5.97. The summed E-state index contributed by atoms with van der Waals surface area (Å²) in [7, 11) is 0. The Hall–Kier alpha value is -0.860. The van der Waals surface area contributed by atoms with E-state index in [4.69, 9.17) is 5.73 Å². The normalized spacial score (nSPS) is 22.4. The lowest BCUT2D eigenvalue weighted by molar-refractivity contribution is 0.167. The molecule has 0 unspecified atom stereocenters. The Morgan fingerprint density at radius 1 is 1.16 bits per heavy atom. The van der Waals surface area contributed by atoms with Crippen molar-refractivity contribution in [3.05, 3.63) is 34.9 Å². The Morgan fingerprint density at radius 3 is 2.60 bits per heavy atom. The quantitative estimate of drug-likeness (QED) is 0.566. The van der Waals surface area contributed by atoms with E-state index in [2.05, 4.69) is 32.0 Å². The molecular weight excluding hydrogens is 306 g/mol. The van der Waals surface area contributed by atoms with Crippen LogP contribution in [0.2, 0.25) is 0 Å². The number of aliphatic hydroxyl groups excluding tert-OH is 1. The van der Waals surface area contributed by atoms with Crippen molar-refractivity contribution in [1.82, 2.24) is 0 Å². The van der Waals surface area contributed by atoms with Crippen molar-refractivity contribution < 1.29 is 5.11 Å². The van der Waals surface area contributed by atoms with Crippen LogP contribution in [0.15, 0.2) is 18.2 Å². The molecule has 2 atom stereocenters. The summed E-state index contributed by atoms with van der Waals surface area (Å²) >= 11 is 0. The summed E-state index contributed by atoms with van der Waals surface area (Å²) in [4.78, 5) is 0. The van der Waals surface area contributed by atoms with Gasteiger partial charge >= 0.3 is 0 Å². The van der Waals surface area contributed by atoms with Gasteiger partial charge in [0.15, 0.2) is 0 Å². The van der Waals surface area contributed by atoms with Crippen LogP contribution in [0.3, 0.4) is 0 Å². The van der Waals surface area contributed by atoms with E-state index in [0.717, 1.165) is 6.42 Å². The fraction of sp³-hybridized carbons (Fsp3) is 0.739. The van der Waals surface area contributed by atoms with Crippen molar-refractivity contribution in [2.75, 3.05) is 6.61 Å². The molecule has 25 heavy (non-hydrogen) atoms. The van der Waals surface area contributed by atoms with Gasteiger partial charge in [-0.1, -0.05) is 64.2 Å². The molecule has 1 aromatic carbocycles. The predicted octanol–water partition coefficient (Wildman–Crippen LogP) is 5.28. The second-order valence-corrected chi connectivity index (χ2v) is 8.91. The van der Waals surface area contributed by atoms with Gasteiger partial charge in [0.2, 0.25) is 0 Å². The summed E-state index contributed by atoms with van der Waals surface area (Å²) in [5.74, 6) is 0. The average molecular weight is 346 g/mol. The van der Waals surface area contributed by atoms with Crippen LogP contribution in [0.4, 0.5) is 0 Å². The summed E-state index contributed by atoms with van der Waals surface area (Å²) in [5.41, 5.74) is 10.4. The standard InChI is InChI=1S/C23H39NO/c1-4-5-6-7-8-9-11-19-13-14-21-20(16-19)12-10-15-22(21,2)17-23(3,24)18-25/h13-14,16,25H,4-12,15,17-18,24H2,1-3H3/t22-,23-/m0/s1. The van der Waals surface area contributed by atoms with Crippen LogP contribution in [0.1, 0.15) is 95.2 Å². The summed E-state index contributed by atoms with van der Waals surface area (Å²) in [5, 5.41) is 9.58. The summed E-state index contributed by atoms with van der Waals surface area (Å²) in [6.45, 7) is 6.63. The number of unbranched alkanes of at least 4 members (excludes halogenated alkanes) is 5. The number of nitrogens with two attached hydrogens (primary N) is 1. The highest BCUT2D eigenvalue weighted by Gasteiger charge is 2.37. The monoisotopic (exact) mass is 345 g/mol. The number of rotatable bonds is 10. The lowest BCUT2D eigenvalue weighted by atomic mass is 9.65. The van der Waals surface area contributed by atoms with Crippen molar-refractivity contribution in [3.63, 3.8) is 0 Å². The van der Waals surface area contributed by atoms with E-state index in [1.165, 1.54) is 80.9 Å². The van der Waals surface area contributed by atoms with Crippen LogP contribution < -0.4 is 5.73 Å². The summed E-state index contributed by atoms with van der Waals surface area (Å²) in [6, 6.07) is 7.14. The number of fused-ring (bicyclic) bond motifs is 1. The van der Waals surface area contributed by atoms with Crippen LogP contribution in [0, 0.1) is 0 Å². The number of aryl methyl sites for hydroxylation is 2. The van der Waals surface area contributed by atoms with Crippen LogP contribution >= 0.6 is 0 Å². The van der Waals surface area contributed by atoms with Crippen molar-refractivity contribution in [2.24, 2.45) is 5.73 Å². The lowest BCUT2D eigenvalue weighted by Gasteiger charge is -2.41. The zero-order chi connectivity index (χ0) is 18.3. The number of hydrogen-bond donors (Lipinski definition) is 2. The van der Waals surface area contributed by atoms with Gasteiger partial charge in [-0.25, -0.2) is 0 Å². The molecule has 0 saturated carbocycles. The van der Waals surface area contributed by atoms with Crippen LogP contribution in [-0.2, 0) is 18.3 Å². The van der Waals surface area contributed by atoms with E-state index in [1.807, 2.05) is 6.92 Å². The third kappa shape index (κ3) is 5.82. The Balaban J connectivity index is 1.99. The summed E-state index contributed by atoms with van der Waals surface area (Å²) in [6.07, 6.45) is 13.8. The molecule has 0 saturated heterocycles. The first-order valence-corrected chi connectivity index (χ1v) is 10.4. The Morgan fingerprint density at radius 2 is 1.88 bits per heavy atom. The molecule has 1 aliphatic carbocycles. The molecule has 0 spiro atoms. The van der Waals surface area contributed by atoms with Crippen LogP contribution in [0.5, 0.6) is 0 Å². The number of hydrogen-bond acceptors (Lipinski definition) is 2. The van der Waals surface area contributed by atoms with Crippen molar-refractivity contribution in [3.8, 4) is 0 Å². The molecule has 0 aromatic heterocycles. The fourth-order valence-electron chi connectivity index (χ4n) is 4.64.